The minimum atomic E-state index is -4.36. The maximum absolute atomic E-state index is 12.4. The first-order valence-corrected chi connectivity index (χ1v) is 6.73. The number of nitrogens with one attached hydrogen (secondary N) is 2. The maximum atomic E-state index is 12.4. The van der Waals surface area contributed by atoms with Crippen molar-refractivity contribution in [3.05, 3.63) is 59.7 Å². The summed E-state index contributed by atoms with van der Waals surface area (Å²) < 4.78 is 42.3. The lowest BCUT2D eigenvalue weighted by Gasteiger charge is -2.10. The number of methoxy groups -OCH3 is 1. The number of amides is 2. The SMILES string of the molecule is COc1ccc(NC(=O)NCc2ccc(C(F)(F)F)cc2)cc1. The number of rotatable bonds is 4. The molecule has 0 atom stereocenters. The molecule has 23 heavy (non-hydrogen) atoms. The Balaban J connectivity index is 1.86. The van der Waals surface area contributed by atoms with Gasteiger partial charge in [-0.2, -0.15) is 13.2 Å². The van der Waals surface area contributed by atoms with E-state index in [-0.39, 0.29) is 6.54 Å². The highest BCUT2D eigenvalue weighted by atomic mass is 19.4. The van der Waals surface area contributed by atoms with Gasteiger partial charge in [-0.15, -0.1) is 0 Å². The van der Waals surface area contributed by atoms with E-state index in [1.54, 1.807) is 31.4 Å². The number of urea groups is 1. The molecule has 0 aliphatic carbocycles. The van der Waals surface area contributed by atoms with Gasteiger partial charge in [0.15, 0.2) is 0 Å². The predicted octanol–water partition coefficient (Wildman–Crippen LogP) is 4.04. The minimum Gasteiger partial charge on any atom is -0.497 e. The summed E-state index contributed by atoms with van der Waals surface area (Å²) >= 11 is 0. The molecule has 2 rings (SSSR count). The van der Waals surface area contributed by atoms with Crippen molar-refractivity contribution in [2.24, 2.45) is 0 Å². The first-order chi connectivity index (χ1) is 10.9. The van der Waals surface area contributed by atoms with E-state index in [1.165, 1.54) is 12.1 Å². The molecule has 7 heteroatoms. The largest absolute Gasteiger partial charge is 0.497 e. The van der Waals surface area contributed by atoms with Crippen molar-refractivity contribution < 1.29 is 22.7 Å². The van der Waals surface area contributed by atoms with Crippen LogP contribution in [0.2, 0.25) is 0 Å². The van der Waals surface area contributed by atoms with E-state index < -0.39 is 17.8 Å². The summed E-state index contributed by atoms with van der Waals surface area (Å²) in [6, 6.07) is 10.9. The third-order valence-electron chi connectivity index (χ3n) is 3.08. The second-order valence-electron chi connectivity index (χ2n) is 4.73. The number of hydrogen-bond donors (Lipinski definition) is 2. The number of ether oxygens (including phenoxy) is 1. The Morgan fingerprint density at radius 3 is 2.17 bits per heavy atom. The monoisotopic (exact) mass is 324 g/mol. The molecule has 2 aromatic carbocycles. The second kappa shape index (κ2) is 7.04. The molecule has 0 aromatic heterocycles. The van der Waals surface area contributed by atoms with E-state index in [9.17, 15) is 18.0 Å². The third kappa shape index (κ3) is 4.91. The summed E-state index contributed by atoms with van der Waals surface area (Å²) in [4.78, 5) is 11.7. The lowest BCUT2D eigenvalue weighted by molar-refractivity contribution is -0.137. The Kier molecular flexibility index (Phi) is 5.10. The summed E-state index contributed by atoms with van der Waals surface area (Å²) in [6.45, 7) is 0.125. The van der Waals surface area contributed by atoms with E-state index in [0.29, 0.717) is 17.0 Å². The van der Waals surface area contributed by atoms with Gasteiger partial charge in [-0.05, 0) is 42.0 Å². The second-order valence-corrected chi connectivity index (χ2v) is 4.73. The van der Waals surface area contributed by atoms with Crippen LogP contribution < -0.4 is 15.4 Å². The normalized spacial score (nSPS) is 11.0. The van der Waals surface area contributed by atoms with Crippen LogP contribution in [0, 0.1) is 0 Å². The lowest BCUT2D eigenvalue weighted by atomic mass is 10.1. The Bertz CT molecular complexity index is 653. The van der Waals surface area contributed by atoms with Crippen LogP contribution in [0.15, 0.2) is 48.5 Å². The van der Waals surface area contributed by atoms with Crippen LogP contribution in [0.5, 0.6) is 5.75 Å². The van der Waals surface area contributed by atoms with Gasteiger partial charge in [0.05, 0.1) is 12.7 Å². The summed E-state index contributed by atoms with van der Waals surface area (Å²) in [5.41, 5.74) is 0.433. The van der Waals surface area contributed by atoms with Crippen LogP contribution in [-0.4, -0.2) is 13.1 Å². The molecule has 2 aromatic rings. The molecule has 0 unspecified atom stereocenters. The van der Waals surface area contributed by atoms with Gasteiger partial charge in [0.2, 0.25) is 0 Å². The highest BCUT2D eigenvalue weighted by molar-refractivity contribution is 5.89. The van der Waals surface area contributed by atoms with Crippen LogP contribution in [0.25, 0.3) is 0 Å². The zero-order valence-corrected chi connectivity index (χ0v) is 12.3. The zero-order chi connectivity index (χ0) is 16.9. The fourth-order valence-electron chi connectivity index (χ4n) is 1.84. The van der Waals surface area contributed by atoms with Gasteiger partial charge < -0.3 is 15.4 Å². The molecule has 0 aliphatic rings. The number of anilines is 1. The van der Waals surface area contributed by atoms with Crippen molar-refractivity contribution in [2.75, 3.05) is 12.4 Å². The molecule has 2 N–H and O–H groups in total. The molecule has 0 spiro atoms. The molecule has 2 amide bonds. The third-order valence-corrected chi connectivity index (χ3v) is 3.08. The number of carbonyl (C=O) groups is 1. The van der Waals surface area contributed by atoms with Gasteiger partial charge in [0, 0.05) is 12.2 Å². The standard InChI is InChI=1S/C16H15F3N2O2/c1-23-14-8-6-13(7-9-14)21-15(22)20-10-11-2-4-12(5-3-11)16(17,18)19/h2-9H,10H2,1H3,(H2,20,21,22). The van der Waals surface area contributed by atoms with Crippen LogP contribution in [0.4, 0.5) is 23.7 Å². The first-order valence-electron chi connectivity index (χ1n) is 6.73. The summed E-state index contributed by atoms with van der Waals surface area (Å²) in [5.74, 6) is 0.667. The summed E-state index contributed by atoms with van der Waals surface area (Å²) in [6.07, 6.45) is -4.36. The molecule has 0 heterocycles. The van der Waals surface area contributed by atoms with E-state index in [1.807, 2.05) is 0 Å². The molecule has 0 saturated carbocycles. The van der Waals surface area contributed by atoms with Crippen LogP contribution in [0.3, 0.4) is 0 Å². The topological polar surface area (TPSA) is 50.4 Å². The van der Waals surface area contributed by atoms with Crippen molar-refractivity contribution in [3.63, 3.8) is 0 Å². The number of carbonyl (C=O) groups excluding carboxylic acids is 1. The molecular formula is C16H15F3N2O2. The van der Waals surface area contributed by atoms with Gasteiger partial charge in [-0.3, -0.25) is 0 Å². The van der Waals surface area contributed by atoms with Gasteiger partial charge in [-0.1, -0.05) is 12.1 Å². The Labute approximate surface area is 131 Å². The molecule has 0 radical (unpaired) electrons. The van der Waals surface area contributed by atoms with Crippen LogP contribution in [-0.2, 0) is 12.7 Å². The molecule has 0 bridgehead atoms. The van der Waals surface area contributed by atoms with E-state index in [2.05, 4.69) is 10.6 Å². The maximum Gasteiger partial charge on any atom is 0.416 e. The molecule has 0 saturated heterocycles. The Hall–Kier alpha value is -2.70. The molecule has 0 fully saturated rings. The van der Waals surface area contributed by atoms with Crippen molar-refractivity contribution in [3.8, 4) is 5.75 Å². The Morgan fingerprint density at radius 1 is 1.04 bits per heavy atom. The number of benzene rings is 2. The fraction of sp³-hybridized carbons (Fsp3) is 0.188. The van der Waals surface area contributed by atoms with Gasteiger partial charge >= 0.3 is 12.2 Å². The van der Waals surface area contributed by atoms with Crippen molar-refractivity contribution in [2.45, 2.75) is 12.7 Å². The van der Waals surface area contributed by atoms with Crippen LogP contribution >= 0.6 is 0 Å². The highest BCUT2D eigenvalue weighted by Crippen LogP contribution is 2.29. The minimum absolute atomic E-state index is 0.125. The number of alkyl halides is 3. The fourth-order valence-corrected chi connectivity index (χ4v) is 1.84. The van der Waals surface area contributed by atoms with E-state index in [0.717, 1.165) is 12.1 Å². The molecule has 0 aliphatic heterocycles. The first kappa shape index (κ1) is 16.7. The van der Waals surface area contributed by atoms with Crippen molar-refractivity contribution >= 4 is 11.7 Å². The van der Waals surface area contributed by atoms with Gasteiger partial charge in [0.1, 0.15) is 5.75 Å². The van der Waals surface area contributed by atoms with E-state index in [4.69, 9.17) is 4.74 Å². The Morgan fingerprint density at radius 2 is 1.65 bits per heavy atom. The molecular weight excluding hydrogens is 309 g/mol. The smallest absolute Gasteiger partial charge is 0.416 e. The highest BCUT2D eigenvalue weighted by Gasteiger charge is 2.29. The quantitative estimate of drug-likeness (QED) is 0.892. The molecule has 4 nitrogen and oxygen atoms in total. The van der Waals surface area contributed by atoms with Gasteiger partial charge in [-0.25, -0.2) is 4.79 Å². The molecule has 122 valence electrons. The average Bonchev–Trinajstić information content (AvgIpc) is 2.53. The lowest BCUT2D eigenvalue weighted by Crippen LogP contribution is -2.28. The van der Waals surface area contributed by atoms with Crippen LogP contribution in [0.1, 0.15) is 11.1 Å². The summed E-state index contributed by atoms with van der Waals surface area (Å²) in [7, 11) is 1.54. The average molecular weight is 324 g/mol. The van der Waals surface area contributed by atoms with Gasteiger partial charge in [0.25, 0.3) is 0 Å². The summed E-state index contributed by atoms with van der Waals surface area (Å²) in [5, 5.41) is 5.19. The number of hydrogen-bond acceptors (Lipinski definition) is 2. The van der Waals surface area contributed by atoms with E-state index >= 15 is 0 Å². The number of halogens is 3. The predicted molar refractivity (Wildman–Crippen MR) is 80.3 cm³/mol. The van der Waals surface area contributed by atoms with Crippen molar-refractivity contribution in [1.29, 1.82) is 0 Å². The van der Waals surface area contributed by atoms with Crippen molar-refractivity contribution in [1.82, 2.24) is 5.32 Å². The zero-order valence-electron chi connectivity index (χ0n) is 12.3.